The molecule has 0 radical (unpaired) electrons. The van der Waals surface area contributed by atoms with E-state index in [0.29, 0.717) is 0 Å². The standard InChI is InChI=1S/C10H12ClNO2/c1-2-9(11)7-8-3-5-10(6-4-8)12(13)14/h3-6,9H,2,7H2,1H3. The Bertz CT molecular complexity index is 310. The molecule has 0 amide bonds. The van der Waals surface area contributed by atoms with E-state index in [0.717, 1.165) is 18.4 Å². The van der Waals surface area contributed by atoms with Crippen molar-refractivity contribution in [1.29, 1.82) is 0 Å². The summed E-state index contributed by atoms with van der Waals surface area (Å²) in [6.45, 7) is 2.02. The zero-order valence-corrected chi connectivity index (χ0v) is 8.70. The van der Waals surface area contributed by atoms with Crippen molar-refractivity contribution >= 4 is 17.3 Å². The van der Waals surface area contributed by atoms with Gasteiger partial charge in [-0.05, 0) is 18.4 Å². The summed E-state index contributed by atoms with van der Waals surface area (Å²) in [5.74, 6) is 0. The third-order valence-corrected chi connectivity index (χ3v) is 2.51. The Labute approximate surface area is 87.8 Å². The molecule has 0 aromatic heterocycles. The van der Waals surface area contributed by atoms with Crippen LogP contribution in [0.25, 0.3) is 0 Å². The minimum Gasteiger partial charge on any atom is -0.258 e. The Balaban J connectivity index is 2.68. The highest BCUT2D eigenvalue weighted by Gasteiger charge is 2.06. The fourth-order valence-corrected chi connectivity index (χ4v) is 1.33. The second-order valence-corrected chi connectivity index (χ2v) is 3.75. The first-order chi connectivity index (χ1) is 6.63. The van der Waals surface area contributed by atoms with Crippen LogP contribution in [0.3, 0.4) is 0 Å². The SMILES string of the molecule is CCC(Cl)Cc1ccc([N+](=O)[O-])cc1. The maximum atomic E-state index is 10.4. The highest BCUT2D eigenvalue weighted by Crippen LogP contribution is 2.15. The van der Waals surface area contributed by atoms with Gasteiger partial charge in [0.15, 0.2) is 0 Å². The van der Waals surface area contributed by atoms with Crippen molar-refractivity contribution < 1.29 is 4.92 Å². The molecule has 0 bridgehead atoms. The van der Waals surface area contributed by atoms with E-state index >= 15 is 0 Å². The molecule has 0 aliphatic heterocycles. The quantitative estimate of drug-likeness (QED) is 0.438. The number of nitro benzene ring substituents is 1. The van der Waals surface area contributed by atoms with Crippen LogP contribution in [-0.4, -0.2) is 10.3 Å². The summed E-state index contributed by atoms with van der Waals surface area (Å²) in [5.41, 5.74) is 1.16. The Morgan fingerprint density at radius 2 is 2.00 bits per heavy atom. The summed E-state index contributed by atoms with van der Waals surface area (Å²) in [5, 5.41) is 10.5. The van der Waals surface area contributed by atoms with Gasteiger partial charge in [0.1, 0.15) is 0 Å². The van der Waals surface area contributed by atoms with Crippen molar-refractivity contribution in [1.82, 2.24) is 0 Å². The van der Waals surface area contributed by atoms with Crippen LogP contribution >= 0.6 is 11.6 Å². The molecular formula is C10H12ClNO2. The van der Waals surface area contributed by atoms with Gasteiger partial charge in [0.05, 0.1) is 4.92 Å². The molecule has 0 spiro atoms. The van der Waals surface area contributed by atoms with E-state index in [4.69, 9.17) is 11.6 Å². The van der Waals surface area contributed by atoms with Gasteiger partial charge in [0, 0.05) is 17.5 Å². The van der Waals surface area contributed by atoms with Crippen LogP contribution in [0.2, 0.25) is 0 Å². The lowest BCUT2D eigenvalue weighted by Gasteiger charge is -2.05. The van der Waals surface area contributed by atoms with Crippen LogP contribution in [0.15, 0.2) is 24.3 Å². The second kappa shape index (κ2) is 4.96. The van der Waals surface area contributed by atoms with E-state index in [9.17, 15) is 10.1 Å². The largest absolute Gasteiger partial charge is 0.269 e. The van der Waals surface area contributed by atoms with Crippen LogP contribution in [0, 0.1) is 10.1 Å². The molecule has 0 saturated carbocycles. The lowest BCUT2D eigenvalue weighted by Crippen LogP contribution is -2.01. The molecule has 0 saturated heterocycles. The molecular weight excluding hydrogens is 202 g/mol. The number of benzene rings is 1. The predicted octanol–water partition coefficient (Wildman–Crippen LogP) is 3.15. The highest BCUT2D eigenvalue weighted by atomic mass is 35.5. The topological polar surface area (TPSA) is 43.1 Å². The maximum absolute atomic E-state index is 10.4. The van der Waals surface area contributed by atoms with Gasteiger partial charge in [-0.2, -0.15) is 0 Å². The van der Waals surface area contributed by atoms with E-state index < -0.39 is 4.92 Å². The smallest absolute Gasteiger partial charge is 0.258 e. The summed E-state index contributed by atoms with van der Waals surface area (Å²) in [6, 6.07) is 6.52. The molecule has 14 heavy (non-hydrogen) atoms. The number of hydrogen-bond donors (Lipinski definition) is 0. The molecule has 1 aromatic carbocycles. The first-order valence-corrected chi connectivity index (χ1v) is 4.94. The summed E-state index contributed by atoms with van der Waals surface area (Å²) in [7, 11) is 0. The zero-order chi connectivity index (χ0) is 10.6. The fraction of sp³-hybridized carbons (Fsp3) is 0.400. The molecule has 1 rings (SSSR count). The van der Waals surface area contributed by atoms with Gasteiger partial charge in [0.2, 0.25) is 0 Å². The average molecular weight is 214 g/mol. The summed E-state index contributed by atoms with van der Waals surface area (Å²) >= 11 is 5.97. The first kappa shape index (κ1) is 11.0. The van der Waals surface area contributed by atoms with E-state index in [2.05, 4.69) is 0 Å². The van der Waals surface area contributed by atoms with Crippen molar-refractivity contribution in [2.75, 3.05) is 0 Å². The predicted molar refractivity (Wildman–Crippen MR) is 56.7 cm³/mol. The van der Waals surface area contributed by atoms with Crippen LogP contribution < -0.4 is 0 Å². The average Bonchev–Trinajstić information content (AvgIpc) is 2.18. The Kier molecular flexibility index (Phi) is 3.89. The number of halogens is 1. The molecule has 1 aromatic rings. The van der Waals surface area contributed by atoms with Crippen LogP contribution in [0.5, 0.6) is 0 Å². The van der Waals surface area contributed by atoms with Gasteiger partial charge in [-0.15, -0.1) is 11.6 Å². The Morgan fingerprint density at radius 1 is 1.43 bits per heavy atom. The molecule has 0 aliphatic carbocycles. The number of hydrogen-bond acceptors (Lipinski definition) is 2. The van der Waals surface area contributed by atoms with E-state index in [1.165, 1.54) is 12.1 Å². The van der Waals surface area contributed by atoms with Gasteiger partial charge >= 0.3 is 0 Å². The van der Waals surface area contributed by atoms with Crippen molar-refractivity contribution in [3.8, 4) is 0 Å². The maximum Gasteiger partial charge on any atom is 0.269 e. The molecule has 76 valence electrons. The van der Waals surface area contributed by atoms with Crippen LogP contribution in [0.4, 0.5) is 5.69 Å². The number of nitrogens with zero attached hydrogens (tertiary/aromatic N) is 1. The van der Waals surface area contributed by atoms with Crippen molar-refractivity contribution in [3.63, 3.8) is 0 Å². The van der Waals surface area contributed by atoms with Crippen LogP contribution in [-0.2, 0) is 6.42 Å². The molecule has 1 atom stereocenters. The molecule has 0 aliphatic rings. The molecule has 0 heterocycles. The zero-order valence-electron chi connectivity index (χ0n) is 7.94. The lowest BCUT2D eigenvalue weighted by atomic mass is 10.1. The third-order valence-electron chi connectivity index (χ3n) is 2.05. The normalized spacial score (nSPS) is 12.4. The third kappa shape index (κ3) is 3.00. The number of alkyl halides is 1. The number of rotatable bonds is 4. The lowest BCUT2D eigenvalue weighted by molar-refractivity contribution is -0.384. The van der Waals surface area contributed by atoms with Gasteiger partial charge in [-0.25, -0.2) is 0 Å². The van der Waals surface area contributed by atoms with E-state index in [1.54, 1.807) is 12.1 Å². The molecule has 3 nitrogen and oxygen atoms in total. The van der Waals surface area contributed by atoms with Crippen molar-refractivity contribution in [2.45, 2.75) is 25.1 Å². The Morgan fingerprint density at radius 3 is 2.43 bits per heavy atom. The van der Waals surface area contributed by atoms with Crippen molar-refractivity contribution in [3.05, 3.63) is 39.9 Å². The summed E-state index contributed by atoms with van der Waals surface area (Å²) in [6.07, 6.45) is 1.66. The minimum absolute atomic E-state index is 0.108. The van der Waals surface area contributed by atoms with Gasteiger partial charge < -0.3 is 0 Å². The molecule has 0 N–H and O–H groups in total. The van der Waals surface area contributed by atoms with Crippen LogP contribution in [0.1, 0.15) is 18.9 Å². The van der Waals surface area contributed by atoms with E-state index in [1.807, 2.05) is 6.92 Å². The number of nitro groups is 1. The minimum atomic E-state index is -0.401. The highest BCUT2D eigenvalue weighted by molar-refractivity contribution is 6.20. The summed E-state index contributed by atoms with van der Waals surface area (Å²) in [4.78, 5) is 9.97. The second-order valence-electron chi connectivity index (χ2n) is 3.13. The molecule has 1 unspecified atom stereocenters. The first-order valence-electron chi connectivity index (χ1n) is 4.51. The van der Waals surface area contributed by atoms with Crippen molar-refractivity contribution in [2.24, 2.45) is 0 Å². The van der Waals surface area contributed by atoms with Gasteiger partial charge in [0.25, 0.3) is 5.69 Å². The van der Waals surface area contributed by atoms with Gasteiger partial charge in [-0.1, -0.05) is 19.1 Å². The molecule has 4 heteroatoms. The monoisotopic (exact) mass is 213 g/mol. The number of non-ortho nitro benzene ring substituents is 1. The molecule has 0 fully saturated rings. The fourth-order valence-electron chi connectivity index (χ4n) is 1.15. The summed E-state index contributed by atoms with van der Waals surface area (Å²) < 4.78 is 0. The Hall–Kier alpha value is -1.09. The van der Waals surface area contributed by atoms with Gasteiger partial charge in [-0.3, -0.25) is 10.1 Å². The van der Waals surface area contributed by atoms with E-state index in [-0.39, 0.29) is 11.1 Å².